The van der Waals surface area contributed by atoms with Gasteiger partial charge < -0.3 is 4.74 Å². The molecule has 5 heteroatoms. The topological polar surface area (TPSA) is 26.3 Å². The van der Waals surface area contributed by atoms with Gasteiger partial charge in [0, 0.05) is 10.9 Å². The minimum Gasteiger partial charge on any atom is -0.419 e. The van der Waals surface area contributed by atoms with Gasteiger partial charge in [-0.2, -0.15) is 13.2 Å². The summed E-state index contributed by atoms with van der Waals surface area (Å²) in [4.78, 5) is 11.7. The quantitative estimate of drug-likeness (QED) is 0.288. The highest BCUT2D eigenvalue weighted by Crippen LogP contribution is 2.39. The molecule has 0 aliphatic carbocycles. The summed E-state index contributed by atoms with van der Waals surface area (Å²) in [5, 5.41) is 1.11. The molecule has 0 saturated heterocycles. The Morgan fingerprint density at radius 3 is 1.90 bits per heavy atom. The Kier molecular flexibility index (Phi) is 4.80. The molecule has 0 N–H and O–H groups in total. The molecule has 0 fully saturated rings. The Bertz CT molecular complexity index is 1160. The molecule has 144 valence electrons. The van der Waals surface area contributed by atoms with Crippen LogP contribution in [0.2, 0.25) is 0 Å². The lowest BCUT2D eigenvalue weighted by Crippen LogP contribution is -2.28. The number of hydrogen-bond donors (Lipinski definition) is 0. The number of alkyl halides is 3. The van der Waals surface area contributed by atoms with E-state index in [0.29, 0.717) is 21.9 Å². The van der Waals surface area contributed by atoms with Crippen LogP contribution in [0, 0.1) is 0 Å². The van der Waals surface area contributed by atoms with Crippen LogP contribution < -0.4 is 4.74 Å². The van der Waals surface area contributed by atoms with Crippen molar-refractivity contribution in [2.24, 2.45) is 0 Å². The lowest BCUT2D eigenvalue weighted by molar-refractivity contribution is -0.189. The van der Waals surface area contributed by atoms with Gasteiger partial charge in [0.2, 0.25) is 0 Å². The maximum absolute atomic E-state index is 12.9. The predicted molar refractivity (Wildman–Crippen MR) is 107 cm³/mol. The smallest absolute Gasteiger partial charge is 0.419 e. The van der Waals surface area contributed by atoms with Gasteiger partial charge in [0.05, 0.1) is 0 Å². The van der Waals surface area contributed by atoms with Gasteiger partial charge in [-0.25, -0.2) is 4.79 Å². The fourth-order valence-corrected chi connectivity index (χ4v) is 3.21. The van der Waals surface area contributed by atoms with Crippen LogP contribution in [0.5, 0.6) is 5.75 Å². The van der Waals surface area contributed by atoms with E-state index in [2.05, 4.69) is 0 Å². The Hall–Kier alpha value is -3.60. The number of carbonyl (C=O) groups excluding carboxylic acids is 1. The average molecular weight is 392 g/mol. The van der Waals surface area contributed by atoms with Crippen molar-refractivity contribution in [3.8, 4) is 28.0 Å². The fraction of sp³-hybridized carbons (Fsp3) is 0.0417. The van der Waals surface area contributed by atoms with Crippen molar-refractivity contribution in [1.29, 1.82) is 0 Å². The van der Waals surface area contributed by atoms with Crippen molar-refractivity contribution in [2.45, 2.75) is 6.18 Å². The molecule has 4 rings (SSSR count). The zero-order chi connectivity index (χ0) is 20.4. The Balaban J connectivity index is 1.95. The predicted octanol–water partition coefficient (Wildman–Crippen LogP) is 6.64. The van der Waals surface area contributed by atoms with Crippen LogP contribution in [-0.2, 0) is 4.79 Å². The molecule has 0 heterocycles. The van der Waals surface area contributed by atoms with E-state index in [1.807, 2.05) is 36.4 Å². The molecule has 0 spiro atoms. The molecule has 0 aliphatic heterocycles. The van der Waals surface area contributed by atoms with Gasteiger partial charge in [-0.15, -0.1) is 0 Å². The van der Waals surface area contributed by atoms with Gasteiger partial charge in [-0.1, -0.05) is 78.9 Å². The first-order chi connectivity index (χ1) is 13.9. The van der Waals surface area contributed by atoms with E-state index in [9.17, 15) is 18.0 Å². The summed E-state index contributed by atoms with van der Waals surface area (Å²) in [5.41, 5.74) is 2.80. The van der Waals surface area contributed by atoms with Crippen LogP contribution in [0.25, 0.3) is 33.0 Å². The van der Waals surface area contributed by atoms with Crippen molar-refractivity contribution in [2.75, 3.05) is 0 Å². The highest BCUT2D eigenvalue weighted by atomic mass is 19.4. The number of rotatable bonds is 3. The van der Waals surface area contributed by atoms with Gasteiger partial charge >= 0.3 is 12.1 Å². The van der Waals surface area contributed by atoms with Crippen LogP contribution in [0.4, 0.5) is 13.2 Å². The summed E-state index contributed by atoms with van der Waals surface area (Å²) in [7, 11) is 0. The van der Waals surface area contributed by atoms with Gasteiger partial charge in [0.25, 0.3) is 0 Å². The number of hydrogen-bond acceptors (Lipinski definition) is 2. The maximum Gasteiger partial charge on any atom is 0.491 e. The second-order valence-electron chi connectivity index (χ2n) is 6.50. The largest absolute Gasteiger partial charge is 0.491 e. The van der Waals surface area contributed by atoms with E-state index < -0.39 is 12.1 Å². The molecular weight excluding hydrogens is 377 g/mol. The maximum atomic E-state index is 12.9. The molecule has 0 aromatic heterocycles. The SMILES string of the molecule is O=C(Oc1c(-c2ccccc2)ccc2ccc(-c3ccccc3)cc12)C(F)(F)F. The Morgan fingerprint density at radius 2 is 1.28 bits per heavy atom. The van der Waals surface area contributed by atoms with E-state index in [1.165, 1.54) is 0 Å². The molecule has 0 radical (unpaired) electrons. The molecule has 0 atom stereocenters. The number of carbonyl (C=O) groups is 1. The first-order valence-electron chi connectivity index (χ1n) is 8.90. The third-order valence-corrected chi connectivity index (χ3v) is 4.59. The summed E-state index contributed by atoms with van der Waals surface area (Å²) in [6.45, 7) is 0. The monoisotopic (exact) mass is 392 g/mol. The van der Waals surface area contributed by atoms with E-state index >= 15 is 0 Å². The van der Waals surface area contributed by atoms with E-state index in [4.69, 9.17) is 4.74 Å². The minimum atomic E-state index is -5.09. The van der Waals surface area contributed by atoms with Crippen LogP contribution >= 0.6 is 0 Å². The number of halogens is 3. The van der Waals surface area contributed by atoms with Gasteiger partial charge in [-0.05, 0) is 34.2 Å². The summed E-state index contributed by atoms with van der Waals surface area (Å²) in [6.07, 6.45) is -5.09. The lowest BCUT2D eigenvalue weighted by atomic mass is 9.96. The highest BCUT2D eigenvalue weighted by molar-refractivity contribution is 5.99. The van der Waals surface area contributed by atoms with Crippen molar-refractivity contribution in [3.05, 3.63) is 91.0 Å². The molecule has 4 aromatic rings. The first-order valence-corrected chi connectivity index (χ1v) is 8.90. The van der Waals surface area contributed by atoms with Gasteiger partial charge in [-0.3, -0.25) is 0 Å². The third kappa shape index (κ3) is 3.85. The molecule has 0 saturated carbocycles. The zero-order valence-electron chi connectivity index (χ0n) is 15.1. The van der Waals surface area contributed by atoms with E-state index in [-0.39, 0.29) is 5.75 Å². The second-order valence-corrected chi connectivity index (χ2v) is 6.50. The van der Waals surface area contributed by atoms with Crippen LogP contribution in [0.3, 0.4) is 0 Å². The second kappa shape index (κ2) is 7.43. The zero-order valence-corrected chi connectivity index (χ0v) is 15.1. The first kappa shape index (κ1) is 18.7. The van der Waals surface area contributed by atoms with Crippen molar-refractivity contribution in [1.82, 2.24) is 0 Å². The summed E-state index contributed by atoms with van der Waals surface area (Å²) in [6, 6.07) is 27.2. The lowest BCUT2D eigenvalue weighted by Gasteiger charge is -2.15. The molecule has 0 aliphatic rings. The van der Waals surface area contributed by atoms with Crippen molar-refractivity contribution < 1.29 is 22.7 Å². The summed E-state index contributed by atoms with van der Waals surface area (Å²) >= 11 is 0. The molecule has 0 bridgehead atoms. The van der Waals surface area contributed by atoms with Crippen molar-refractivity contribution >= 4 is 16.7 Å². The molecule has 0 amide bonds. The highest BCUT2D eigenvalue weighted by Gasteiger charge is 2.42. The Labute approximate surface area is 165 Å². The van der Waals surface area contributed by atoms with E-state index in [1.54, 1.807) is 54.6 Å². The number of fused-ring (bicyclic) bond motifs is 1. The molecular formula is C24H15F3O2. The molecule has 4 aromatic carbocycles. The third-order valence-electron chi connectivity index (χ3n) is 4.59. The van der Waals surface area contributed by atoms with Crippen LogP contribution in [-0.4, -0.2) is 12.1 Å². The van der Waals surface area contributed by atoms with Gasteiger partial charge in [0.15, 0.2) is 0 Å². The molecule has 2 nitrogen and oxygen atoms in total. The summed E-state index contributed by atoms with van der Waals surface area (Å²) < 4.78 is 43.7. The number of benzene rings is 4. The van der Waals surface area contributed by atoms with E-state index in [0.717, 1.165) is 11.1 Å². The minimum absolute atomic E-state index is 0.103. The van der Waals surface area contributed by atoms with Crippen LogP contribution in [0.15, 0.2) is 91.0 Å². The van der Waals surface area contributed by atoms with Crippen LogP contribution in [0.1, 0.15) is 0 Å². The van der Waals surface area contributed by atoms with Crippen molar-refractivity contribution in [3.63, 3.8) is 0 Å². The molecule has 0 unspecified atom stereocenters. The standard InChI is InChI=1S/C24H15F3O2/c25-24(26,27)23(28)29-22-20(17-9-5-2-6-10-17)14-13-18-11-12-19(15-21(18)22)16-7-3-1-4-8-16/h1-15H. The van der Waals surface area contributed by atoms with Gasteiger partial charge in [0.1, 0.15) is 5.75 Å². The average Bonchev–Trinajstić information content (AvgIpc) is 2.74. The number of ether oxygens (including phenoxy) is 1. The Morgan fingerprint density at radius 1 is 0.690 bits per heavy atom. The fourth-order valence-electron chi connectivity index (χ4n) is 3.21. The summed E-state index contributed by atoms with van der Waals surface area (Å²) in [5.74, 6) is -2.35. The molecule has 29 heavy (non-hydrogen) atoms. The normalized spacial score (nSPS) is 11.4. The number of esters is 1.